The van der Waals surface area contributed by atoms with Crippen LogP contribution >= 0.6 is 11.8 Å². The number of rotatable bonds is 6. The fourth-order valence-electron chi connectivity index (χ4n) is 2.55. The first-order chi connectivity index (χ1) is 10.6. The summed E-state index contributed by atoms with van der Waals surface area (Å²) >= 11 is 1.42. The zero-order valence-electron chi connectivity index (χ0n) is 12.3. The van der Waals surface area contributed by atoms with Gasteiger partial charge in [-0.05, 0) is 49.3 Å². The molecule has 0 aromatic carbocycles. The third kappa shape index (κ3) is 2.89. The van der Waals surface area contributed by atoms with Crippen LogP contribution in [-0.4, -0.2) is 28.8 Å². The van der Waals surface area contributed by atoms with E-state index in [4.69, 9.17) is 4.42 Å². The molecule has 1 amide bonds. The second-order valence-electron chi connectivity index (χ2n) is 5.42. The van der Waals surface area contributed by atoms with E-state index >= 15 is 0 Å². The Bertz CT molecular complexity index is 655. The maximum Gasteiger partial charge on any atom is 0.254 e. The molecule has 2 aromatic rings. The average Bonchev–Trinajstić information content (AvgIpc) is 3.27. The van der Waals surface area contributed by atoms with Crippen LogP contribution in [0.4, 0.5) is 0 Å². The monoisotopic (exact) mass is 318 g/mol. The second-order valence-corrected chi connectivity index (χ2v) is 6.21. The van der Waals surface area contributed by atoms with Crippen molar-refractivity contribution >= 4 is 17.7 Å². The molecule has 2 aromatic heterocycles. The molecule has 0 saturated heterocycles. The van der Waals surface area contributed by atoms with Crippen molar-refractivity contribution in [3.63, 3.8) is 0 Å². The molecule has 1 atom stereocenters. The Labute approximate surface area is 133 Å². The van der Waals surface area contributed by atoms with Crippen LogP contribution in [0.3, 0.4) is 0 Å². The quantitative estimate of drug-likeness (QED) is 0.800. The molecule has 1 aliphatic carbocycles. The molecule has 2 N–H and O–H groups in total. The smallest absolute Gasteiger partial charge is 0.254 e. The van der Waals surface area contributed by atoms with Gasteiger partial charge in [-0.2, -0.15) is 0 Å². The van der Waals surface area contributed by atoms with Gasteiger partial charge in [0.15, 0.2) is 0 Å². The van der Waals surface area contributed by atoms with Gasteiger partial charge in [0.1, 0.15) is 16.4 Å². The summed E-state index contributed by atoms with van der Waals surface area (Å²) in [5.74, 6) is 0.405. The Balaban J connectivity index is 1.74. The van der Waals surface area contributed by atoms with Crippen molar-refractivity contribution in [2.75, 3.05) is 12.8 Å². The molecule has 5 nitrogen and oxygen atoms in total. The standard InChI is InChI=1S/C16H18N2O3S/c1-22-15-12(4-2-8-17-15)14(19)18-10-16(20,11-6-7-11)13-5-3-9-21-13/h2-5,8-9,11,20H,6-7,10H2,1H3,(H,18,19)/t16-/m0/s1. The number of carbonyl (C=O) groups is 1. The van der Waals surface area contributed by atoms with Gasteiger partial charge < -0.3 is 14.8 Å². The predicted molar refractivity (Wildman–Crippen MR) is 83.7 cm³/mol. The van der Waals surface area contributed by atoms with E-state index in [9.17, 15) is 9.90 Å². The molecule has 1 aliphatic rings. The van der Waals surface area contributed by atoms with Crippen molar-refractivity contribution in [2.24, 2.45) is 5.92 Å². The first-order valence-corrected chi connectivity index (χ1v) is 8.41. The zero-order valence-corrected chi connectivity index (χ0v) is 13.1. The van der Waals surface area contributed by atoms with Crippen molar-refractivity contribution in [3.8, 4) is 0 Å². The lowest BCUT2D eigenvalue weighted by atomic mass is 9.94. The van der Waals surface area contributed by atoms with Gasteiger partial charge in [-0.25, -0.2) is 4.98 Å². The lowest BCUT2D eigenvalue weighted by molar-refractivity contribution is -0.00613. The zero-order chi connectivity index (χ0) is 15.6. The van der Waals surface area contributed by atoms with E-state index in [-0.39, 0.29) is 18.4 Å². The molecule has 116 valence electrons. The minimum atomic E-state index is -1.14. The summed E-state index contributed by atoms with van der Waals surface area (Å²) in [5.41, 5.74) is -0.617. The fraction of sp³-hybridized carbons (Fsp3) is 0.375. The summed E-state index contributed by atoms with van der Waals surface area (Å²) in [4.78, 5) is 16.6. The van der Waals surface area contributed by atoms with Crippen molar-refractivity contribution in [1.82, 2.24) is 10.3 Å². The van der Waals surface area contributed by atoms with Gasteiger partial charge in [-0.15, -0.1) is 11.8 Å². The van der Waals surface area contributed by atoms with Crippen molar-refractivity contribution < 1.29 is 14.3 Å². The Morgan fingerprint density at radius 3 is 2.95 bits per heavy atom. The van der Waals surface area contributed by atoms with Crippen LogP contribution in [0.5, 0.6) is 0 Å². The van der Waals surface area contributed by atoms with E-state index in [1.807, 2.05) is 6.26 Å². The molecule has 0 bridgehead atoms. The van der Waals surface area contributed by atoms with Gasteiger partial charge in [0.05, 0.1) is 18.4 Å². The molecule has 22 heavy (non-hydrogen) atoms. The lowest BCUT2D eigenvalue weighted by Crippen LogP contribution is -2.42. The third-order valence-electron chi connectivity index (χ3n) is 3.93. The molecular weight excluding hydrogens is 300 g/mol. The van der Waals surface area contributed by atoms with Gasteiger partial charge in [-0.1, -0.05) is 0 Å². The molecule has 2 heterocycles. The van der Waals surface area contributed by atoms with Gasteiger partial charge >= 0.3 is 0 Å². The van der Waals surface area contributed by atoms with Crippen LogP contribution in [0, 0.1) is 5.92 Å². The maximum atomic E-state index is 12.4. The number of pyridine rings is 1. The topological polar surface area (TPSA) is 75.4 Å². The second kappa shape index (κ2) is 6.14. The van der Waals surface area contributed by atoms with E-state index in [2.05, 4.69) is 10.3 Å². The molecule has 0 radical (unpaired) electrons. The third-order valence-corrected chi connectivity index (χ3v) is 4.64. The lowest BCUT2D eigenvalue weighted by Gasteiger charge is -2.26. The van der Waals surface area contributed by atoms with Crippen molar-refractivity contribution in [1.29, 1.82) is 0 Å². The molecule has 1 saturated carbocycles. The first kappa shape index (κ1) is 15.1. The molecule has 6 heteroatoms. The number of hydrogen-bond acceptors (Lipinski definition) is 5. The fourth-order valence-corrected chi connectivity index (χ4v) is 3.10. The molecule has 0 unspecified atom stereocenters. The van der Waals surface area contributed by atoms with Gasteiger partial charge in [-0.3, -0.25) is 4.79 Å². The molecule has 3 rings (SSSR count). The van der Waals surface area contributed by atoms with Crippen LogP contribution in [0.2, 0.25) is 0 Å². The number of nitrogens with zero attached hydrogens (tertiary/aromatic N) is 1. The highest BCUT2D eigenvalue weighted by atomic mass is 32.2. The molecular formula is C16H18N2O3S. The highest BCUT2D eigenvalue weighted by Gasteiger charge is 2.47. The largest absolute Gasteiger partial charge is 0.466 e. The van der Waals surface area contributed by atoms with Crippen LogP contribution < -0.4 is 5.32 Å². The SMILES string of the molecule is CSc1ncccc1C(=O)NC[C@@](O)(c1ccco1)C1CC1. The molecule has 0 spiro atoms. The van der Waals surface area contributed by atoms with Crippen molar-refractivity contribution in [2.45, 2.75) is 23.5 Å². The van der Waals surface area contributed by atoms with Crippen LogP contribution in [0.1, 0.15) is 29.0 Å². The van der Waals surface area contributed by atoms with Gasteiger partial charge in [0.25, 0.3) is 5.91 Å². The number of amides is 1. The molecule has 0 aliphatic heterocycles. The number of aromatic nitrogens is 1. The summed E-state index contributed by atoms with van der Waals surface area (Å²) in [6.07, 6.45) is 6.96. The number of hydrogen-bond donors (Lipinski definition) is 2. The number of aliphatic hydroxyl groups is 1. The normalized spacial score (nSPS) is 17.0. The number of carbonyl (C=O) groups excluding carboxylic acids is 1. The number of furan rings is 1. The van der Waals surface area contributed by atoms with E-state index in [1.165, 1.54) is 18.0 Å². The maximum absolute atomic E-state index is 12.4. The Kier molecular flexibility index (Phi) is 4.22. The minimum Gasteiger partial charge on any atom is -0.466 e. The minimum absolute atomic E-state index is 0.132. The van der Waals surface area contributed by atoms with E-state index in [1.54, 1.807) is 30.5 Å². The molecule has 1 fully saturated rings. The highest BCUT2D eigenvalue weighted by Crippen LogP contribution is 2.45. The highest BCUT2D eigenvalue weighted by molar-refractivity contribution is 7.98. The Morgan fingerprint density at radius 1 is 1.50 bits per heavy atom. The summed E-state index contributed by atoms with van der Waals surface area (Å²) in [5, 5.41) is 14.4. The van der Waals surface area contributed by atoms with Crippen molar-refractivity contribution in [3.05, 3.63) is 48.0 Å². The summed E-state index contributed by atoms with van der Waals surface area (Å²) in [6, 6.07) is 6.96. The summed E-state index contributed by atoms with van der Waals surface area (Å²) in [6.45, 7) is 0.132. The summed E-state index contributed by atoms with van der Waals surface area (Å²) in [7, 11) is 0. The number of thioether (sulfide) groups is 1. The van der Waals surface area contributed by atoms with E-state index < -0.39 is 5.60 Å². The first-order valence-electron chi connectivity index (χ1n) is 7.18. The Hall–Kier alpha value is -1.79. The Morgan fingerprint density at radius 2 is 2.32 bits per heavy atom. The van der Waals surface area contributed by atoms with Gasteiger partial charge in [0, 0.05) is 6.20 Å². The van der Waals surface area contributed by atoms with Crippen LogP contribution in [-0.2, 0) is 5.60 Å². The van der Waals surface area contributed by atoms with E-state index in [0.29, 0.717) is 16.3 Å². The summed E-state index contributed by atoms with van der Waals surface area (Å²) < 4.78 is 5.37. The number of nitrogens with one attached hydrogen (secondary N) is 1. The van der Waals surface area contributed by atoms with Gasteiger partial charge in [0.2, 0.25) is 0 Å². The predicted octanol–water partition coefficient (Wildman–Crippen LogP) is 2.42. The van der Waals surface area contributed by atoms with E-state index in [0.717, 1.165) is 12.8 Å². The van der Waals surface area contributed by atoms with Crippen LogP contribution in [0.25, 0.3) is 0 Å². The average molecular weight is 318 g/mol. The van der Waals surface area contributed by atoms with Crippen LogP contribution in [0.15, 0.2) is 46.2 Å².